The summed E-state index contributed by atoms with van der Waals surface area (Å²) in [6.07, 6.45) is -0.306. The molecule has 1 rings (SSSR count). The van der Waals surface area contributed by atoms with Crippen molar-refractivity contribution in [2.24, 2.45) is 0 Å². The van der Waals surface area contributed by atoms with Crippen molar-refractivity contribution in [2.75, 3.05) is 5.32 Å². The van der Waals surface area contributed by atoms with Crippen LogP contribution in [-0.2, 0) is 4.74 Å². The van der Waals surface area contributed by atoms with E-state index in [1.807, 2.05) is 0 Å². The van der Waals surface area contributed by atoms with Gasteiger partial charge in [0.2, 0.25) is 0 Å². The zero-order valence-corrected chi connectivity index (χ0v) is 10.8. The van der Waals surface area contributed by atoms with E-state index in [-0.39, 0.29) is 16.9 Å². The van der Waals surface area contributed by atoms with E-state index >= 15 is 0 Å². The molecular formula is C12H14N2O5. The van der Waals surface area contributed by atoms with E-state index < -0.39 is 16.6 Å². The zero-order valence-electron chi connectivity index (χ0n) is 10.8. The fourth-order valence-electron chi connectivity index (χ4n) is 1.29. The van der Waals surface area contributed by atoms with Crippen LogP contribution in [0, 0.1) is 10.1 Å². The lowest BCUT2D eigenvalue weighted by Crippen LogP contribution is -2.27. The van der Waals surface area contributed by atoms with Crippen LogP contribution in [0.1, 0.15) is 31.1 Å². The summed E-state index contributed by atoms with van der Waals surface area (Å²) < 4.78 is 4.99. The number of nitrogens with one attached hydrogen (secondary N) is 1. The Labute approximate surface area is 109 Å². The average Bonchev–Trinajstić information content (AvgIpc) is 2.26. The van der Waals surface area contributed by atoms with Gasteiger partial charge >= 0.3 is 6.09 Å². The minimum Gasteiger partial charge on any atom is -0.444 e. The van der Waals surface area contributed by atoms with Crippen LogP contribution in [0.2, 0.25) is 0 Å². The van der Waals surface area contributed by atoms with E-state index in [0.29, 0.717) is 6.29 Å². The van der Waals surface area contributed by atoms with E-state index in [9.17, 15) is 19.7 Å². The summed E-state index contributed by atoms with van der Waals surface area (Å²) in [6, 6.07) is 3.73. The maximum atomic E-state index is 11.5. The topological polar surface area (TPSA) is 98.5 Å². The molecule has 0 spiro atoms. The maximum absolute atomic E-state index is 11.5. The van der Waals surface area contributed by atoms with Crippen LogP contribution < -0.4 is 5.32 Å². The summed E-state index contributed by atoms with van der Waals surface area (Å²) in [5, 5.41) is 13.1. The van der Waals surface area contributed by atoms with Gasteiger partial charge in [-0.1, -0.05) is 0 Å². The normalized spacial score (nSPS) is 10.7. The van der Waals surface area contributed by atoms with Gasteiger partial charge in [0, 0.05) is 11.6 Å². The Morgan fingerprint density at radius 3 is 2.53 bits per heavy atom. The number of hydrogen-bond acceptors (Lipinski definition) is 5. The van der Waals surface area contributed by atoms with Crippen LogP contribution in [-0.4, -0.2) is 22.9 Å². The van der Waals surface area contributed by atoms with Gasteiger partial charge in [0.05, 0.1) is 4.92 Å². The third-order valence-electron chi connectivity index (χ3n) is 1.99. The molecule has 0 aliphatic heterocycles. The van der Waals surface area contributed by atoms with Gasteiger partial charge in [-0.2, -0.15) is 0 Å². The van der Waals surface area contributed by atoms with Gasteiger partial charge in [0.15, 0.2) is 0 Å². The predicted molar refractivity (Wildman–Crippen MR) is 68.3 cm³/mol. The lowest BCUT2D eigenvalue weighted by molar-refractivity contribution is -0.383. The molecule has 1 aromatic carbocycles. The summed E-state index contributed by atoms with van der Waals surface area (Å²) in [4.78, 5) is 32.3. The predicted octanol–water partition coefficient (Wildman–Crippen LogP) is 2.75. The molecule has 0 saturated heterocycles. The third kappa shape index (κ3) is 4.38. The summed E-state index contributed by atoms with van der Waals surface area (Å²) in [7, 11) is 0. The van der Waals surface area contributed by atoms with E-state index in [0.717, 1.165) is 6.07 Å². The molecule has 0 aromatic heterocycles. The first-order chi connectivity index (χ1) is 8.73. The summed E-state index contributed by atoms with van der Waals surface area (Å²) in [6.45, 7) is 5.03. The van der Waals surface area contributed by atoms with Crippen molar-refractivity contribution >= 4 is 23.8 Å². The molecule has 1 aromatic rings. The SMILES string of the molecule is CC(C)(C)OC(=O)Nc1ccc(C=O)cc1[N+](=O)[O-]. The van der Waals surface area contributed by atoms with Crippen molar-refractivity contribution < 1.29 is 19.2 Å². The van der Waals surface area contributed by atoms with E-state index in [1.54, 1.807) is 20.8 Å². The molecule has 7 nitrogen and oxygen atoms in total. The van der Waals surface area contributed by atoms with Crippen molar-refractivity contribution in [2.45, 2.75) is 26.4 Å². The number of carbonyl (C=O) groups excluding carboxylic acids is 2. The number of nitro groups is 1. The van der Waals surface area contributed by atoms with Crippen molar-refractivity contribution in [1.29, 1.82) is 0 Å². The molecule has 1 amide bonds. The van der Waals surface area contributed by atoms with Gasteiger partial charge in [-0.3, -0.25) is 20.2 Å². The average molecular weight is 266 g/mol. The lowest BCUT2D eigenvalue weighted by Gasteiger charge is -2.19. The smallest absolute Gasteiger partial charge is 0.412 e. The maximum Gasteiger partial charge on any atom is 0.412 e. The highest BCUT2D eigenvalue weighted by atomic mass is 16.6. The number of amides is 1. The monoisotopic (exact) mass is 266 g/mol. The molecule has 102 valence electrons. The Balaban J connectivity index is 2.98. The number of benzene rings is 1. The first-order valence-electron chi connectivity index (χ1n) is 5.46. The minimum atomic E-state index is -0.797. The molecule has 7 heteroatoms. The minimum absolute atomic E-state index is 0.0233. The molecule has 1 N–H and O–H groups in total. The molecule has 0 aliphatic carbocycles. The van der Waals surface area contributed by atoms with Gasteiger partial charge in [-0.25, -0.2) is 4.79 Å². The molecule has 0 atom stereocenters. The van der Waals surface area contributed by atoms with Gasteiger partial charge in [-0.15, -0.1) is 0 Å². The standard InChI is InChI=1S/C12H14N2O5/c1-12(2,3)19-11(16)13-9-5-4-8(7-15)6-10(9)14(17)18/h4-7H,1-3H3,(H,13,16). The summed E-state index contributed by atoms with van der Waals surface area (Å²) in [5.74, 6) is 0. The Kier molecular flexibility index (Phi) is 4.21. The molecule has 0 saturated carbocycles. The Morgan fingerprint density at radius 1 is 1.42 bits per heavy atom. The fraction of sp³-hybridized carbons (Fsp3) is 0.333. The number of anilines is 1. The van der Waals surface area contributed by atoms with Crippen LogP contribution in [0.25, 0.3) is 0 Å². The van der Waals surface area contributed by atoms with E-state index in [4.69, 9.17) is 4.74 Å². The second kappa shape index (κ2) is 5.47. The molecular weight excluding hydrogens is 252 g/mol. The lowest BCUT2D eigenvalue weighted by atomic mass is 10.2. The molecule has 0 radical (unpaired) electrons. The van der Waals surface area contributed by atoms with E-state index in [2.05, 4.69) is 5.32 Å². The van der Waals surface area contributed by atoms with Gasteiger partial charge in [-0.05, 0) is 32.9 Å². The Morgan fingerprint density at radius 2 is 2.05 bits per heavy atom. The molecule has 0 unspecified atom stereocenters. The van der Waals surface area contributed by atoms with Crippen LogP contribution in [0.4, 0.5) is 16.2 Å². The number of hydrogen-bond donors (Lipinski definition) is 1. The fourth-order valence-corrected chi connectivity index (χ4v) is 1.29. The van der Waals surface area contributed by atoms with Crippen LogP contribution in [0.15, 0.2) is 18.2 Å². The summed E-state index contributed by atoms with van der Waals surface area (Å²) in [5.41, 5.74) is -0.941. The molecule has 19 heavy (non-hydrogen) atoms. The number of nitro benzene ring substituents is 1. The van der Waals surface area contributed by atoms with Gasteiger partial charge < -0.3 is 4.74 Å². The van der Waals surface area contributed by atoms with Crippen molar-refractivity contribution in [3.63, 3.8) is 0 Å². The molecule has 0 heterocycles. The largest absolute Gasteiger partial charge is 0.444 e. The zero-order chi connectivity index (χ0) is 14.6. The van der Waals surface area contributed by atoms with Crippen molar-refractivity contribution in [3.8, 4) is 0 Å². The number of nitrogens with zero attached hydrogens (tertiary/aromatic N) is 1. The van der Waals surface area contributed by atoms with Crippen LogP contribution >= 0.6 is 0 Å². The van der Waals surface area contributed by atoms with Gasteiger partial charge in [0.1, 0.15) is 17.6 Å². The van der Waals surface area contributed by atoms with E-state index in [1.165, 1.54) is 12.1 Å². The second-order valence-corrected chi connectivity index (χ2v) is 4.78. The third-order valence-corrected chi connectivity index (χ3v) is 1.99. The molecule has 0 aliphatic rings. The number of ether oxygens (including phenoxy) is 1. The number of rotatable bonds is 3. The Hall–Kier alpha value is -2.44. The molecule has 0 fully saturated rings. The highest BCUT2D eigenvalue weighted by molar-refractivity contribution is 5.89. The first kappa shape index (κ1) is 14.6. The van der Waals surface area contributed by atoms with Gasteiger partial charge in [0.25, 0.3) is 5.69 Å². The number of aldehydes is 1. The first-order valence-corrected chi connectivity index (χ1v) is 5.46. The van der Waals surface area contributed by atoms with Crippen molar-refractivity contribution in [3.05, 3.63) is 33.9 Å². The Bertz CT molecular complexity index is 519. The number of carbonyl (C=O) groups is 2. The second-order valence-electron chi connectivity index (χ2n) is 4.78. The quantitative estimate of drug-likeness (QED) is 0.515. The highest BCUT2D eigenvalue weighted by Crippen LogP contribution is 2.25. The van der Waals surface area contributed by atoms with Crippen LogP contribution in [0.5, 0.6) is 0 Å². The molecule has 0 bridgehead atoms. The van der Waals surface area contributed by atoms with Crippen LogP contribution in [0.3, 0.4) is 0 Å². The summed E-state index contributed by atoms with van der Waals surface area (Å²) >= 11 is 0. The highest BCUT2D eigenvalue weighted by Gasteiger charge is 2.20. The van der Waals surface area contributed by atoms with Crippen molar-refractivity contribution in [1.82, 2.24) is 0 Å².